The molecule has 1 saturated heterocycles. The minimum absolute atomic E-state index is 0.0197. The summed E-state index contributed by atoms with van der Waals surface area (Å²) in [6, 6.07) is 15.8. The summed E-state index contributed by atoms with van der Waals surface area (Å²) >= 11 is 0. The lowest BCUT2D eigenvalue weighted by molar-refractivity contribution is -0.118. The fraction of sp³-hybridized carbons (Fsp3) is 0.304. The van der Waals surface area contributed by atoms with E-state index in [4.69, 9.17) is 0 Å². The maximum Gasteiger partial charge on any atom is 0.271 e. The first kappa shape index (κ1) is 19.8. The molecule has 0 aromatic heterocycles. The molecule has 0 saturated carbocycles. The zero-order chi connectivity index (χ0) is 21.1. The molecule has 1 fully saturated rings. The van der Waals surface area contributed by atoms with Crippen LogP contribution in [0, 0.1) is 0 Å². The molecule has 0 radical (unpaired) electrons. The summed E-state index contributed by atoms with van der Waals surface area (Å²) in [5, 5.41) is 8.84. The summed E-state index contributed by atoms with van der Waals surface area (Å²) in [5.74, 6) is -0.442. The number of benzene rings is 2. The van der Waals surface area contributed by atoms with E-state index >= 15 is 0 Å². The monoisotopic (exact) mass is 404 g/mol. The van der Waals surface area contributed by atoms with Gasteiger partial charge in [-0.2, -0.15) is 5.10 Å². The third kappa shape index (κ3) is 4.10. The predicted octanol–water partition coefficient (Wildman–Crippen LogP) is 3.09. The van der Waals surface area contributed by atoms with Gasteiger partial charge in [-0.25, -0.2) is 0 Å². The first-order valence-electron chi connectivity index (χ1n) is 10.2. The SMILES string of the molecule is CC(=O)C1CC(C(=O)Nc2cccc(C(=O)N3CCCC3)c2)=NN1c1ccccc1. The van der Waals surface area contributed by atoms with Crippen LogP contribution in [0.4, 0.5) is 11.4 Å². The van der Waals surface area contributed by atoms with Crippen molar-refractivity contribution in [2.24, 2.45) is 5.10 Å². The number of amides is 2. The van der Waals surface area contributed by atoms with Crippen LogP contribution in [0.15, 0.2) is 59.7 Å². The third-order valence-corrected chi connectivity index (χ3v) is 5.42. The Morgan fingerprint density at radius 3 is 2.43 bits per heavy atom. The fourth-order valence-corrected chi connectivity index (χ4v) is 3.82. The van der Waals surface area contributed by atoms with E-state index in [1.54, 1.807) is 29.3 Å². The van der Waals surface area contributed by atoms with Gasteiger partial charge >= 0.3 is 0 Å². The van der Waals surface area contributed by atoms with E-state index < -0.39 is 6.04 Å². The number of carbonyl (C=O) groups excluding carboxylic acids is 3. The van der Waals surface area contributed by atoms with E-state index in [-0.39, 0.29) is 29.7 Å². The van der Waals surface area contributed by atoms with Gasteiger partial charge in [-0.3, -0.25) is 19.4 Å². The predicted molar refractivity (Wildman–Crippen MR) is 116 cm³/mol. The summed E-state index contributed by atoms with van der Waals surface area (Å²) in [6.45, 7) is 3.05. The summed E-state index contributed by atoms with van der Waals surface area (Å²) in [6.07, 6.45) is 2.29. The largest absolute Gasteiger partial charge is 0.339 e. The van der Waals surface area contributed by atoms with Gasteiger partial charge in [0, 0.05) is 30.8 Å². The van der Waals surface area contributed by atoms with E-state index in [0.717, 1.165) is 31.6 Å². The van der Waals surface area contributed by atoms with Gasteiger partial charge in [0.15, 0.2) is 5.78 Å². The second-order valence-corrected chi connectivity index (χ2v) is 7.59. The summed E-state index contributed by atoms with van der Waals surface area (Å²) in [5.41, 5.74) is 2.13. The highest BCUT2D eigenvalue weighted by Gasteiger charge is 2.34. The van der Waals surface area contributed by atoms with E-state index in [0.29, 0.717) is 11.3 Å². The Hall–Kier alpha value is -3.48. The maximum absolute atomic E-state index is 12.8. The van der Waals surface area contributed by atoms with E-state index in [1.807, 2.05) is 35.2 Å². The number of anilines is 2. The molecule has 0 bridgehead atoms. The van der Waals surface area contributed by atoms with Crippen LogP contribution < -0.4 is 10.3 Å². The number of nitrogens with one attached hydrogen (secondary N) is 1. The molecule has 154 valence electrons. The van der Waals surface area contributed by atoms with Crippen molar-refractivity contribution in [3.8, 4) is 0 Å². The van der Waals surface area contributed by atoms with Crippen molar-refractivity contribution in [3.05, 3.63) is 60.2 Å². The molecular weight excluding hydrogens is 380 g/mol. The van der Waals surface area contributed by atoms with Gasteiger partial charge in [-0.1, -0.05) is 24.3 Å². The highest BCUT2D eigenvalue weighted by molar-refractivity contribution is 6.44. The Morgan fingerprint density at radius 1 is 1.00 bits per heavy atom. The van der Waals surface area contributed by atoms with Crippen molar-refractivity contribution < 1.29 is 14.4 Å². The van der Waals surface area contributed by atoms with Crippen LogP contribution in [0.5, 0.6) is 0 Å². The number of likely N-dealkylation sites (tertiary alicyclic amines) is 1. The number of hydrazone groups is 1. The number of para-hydroxylation sites is 1. The van der Waals surface area contributed by atoms with Crippen LogP contribution in [0.3, 0.4) is 0 Å². The first-order chi connectivity index (χ1) is 14.5. The number of Topliss-reactive ketones (excluding diaryl/α,β-unsaturated/α-hetero) is 1. The van der Waals surface area contributed by atoms with E-state index in [9.17, 15) is 14.4 Å². The number of nitrogens with zero attached hydrogens (tertiary/aromatic N) is 3. The number of rotatable bonds is 5. The lowest BCUT2D eigenvalue weighted by atomic mass is 10.1. The average Bonchev–Trinajstić information content (AvgIpc) is 3.44. The lowest BCUT2D eigenvalue weighted by Crippen LogP contribution is -2.33. The van der Waals surface area contributed by atoms with Crippen molar-refractivity contribution >= 4 is 34.7 Å². The number of carbonyl (C=O) groups is 3. The van der Waals surface area contributed by atoms with Gasteiger partial charge in [0.2, 0.25) is 0 Å². The zero-order valence-electron chi connectivity index (χ0n) is 16.9. The summed E-state index contributed by atoms with van der Waals surface area (Å²) < 4.78 is 0. The number of hydrogen-bond donors (Lipinski definition) is 1. The molecule has 1 N–H and O–H groups in total. The Morgan fingerprint density at radius 2 is 1.73 bits per heavy atom. The van der Waals surface area contributed by atoms with Crippen LogP contribution >= 0.6 is 0 Å². The van der Waals surface area contributed by atoms with Crippen molar-refractivity contribution in [3.63, 3.8) is 0 Å². The van der Waals surface area contributed by atoms with Crippen molar-refractivity contribution in [1.82, 2.24) is 4.90 Å². The van der Waals surface area contributed by atoms with Gasteiger partial charge in [0.05, 0.1) is 5.69 Å². The minimum atomic E-state index is -0.503. The van der Waals surface area contributed by atoms with Gasteiger partial charge in [0.1, 0.15) is 11.8 Å². The van der Waals surface area contributed by atoms with Crippen molar-refractivity contribution in [1.29, 1.82) is 0 Å². The topological polar surface area (TPSA) is 82.1 Å². The molecule has 4 rings (SSSR count). The third-order valence-electron chi connectivity index (χ3n) is 5.42. The van der Waals surface area contributed by atoms with Crippen molar-refractivity contribution in [2.45, 2.75) is 32.2 Å². The number of hydrogen-bond acceptors (Lipinski definition) is 5. The maximum atomic E-state index is 12.8. The molecule has 0 aliphatic carbocycles. The molecule has 2 aliphatic heterocycles. The highest BCUT2D eigenvalue weighted by Crippen LogP contribution is 2.25. The Labute approximate surface area is 175 Å². The highest BCUT2D eigenvalue weighted by atomic mass is 16.2. The van der Waals surface area contributed by atoms with Gasteiger partial charge < -0.3 is 10.2 Å². The molecule has 2 aliphatic rings. The normalized spacial score (nSPS) is 18.3. The molecule has 1 atom stereocenters. The lowest BCUT2D eigenvalue weighted by Gasteiger charge is -2.20. The van der Waals surface area contributed by atoms with Crippen LogP contribution in [0.25, 0.3) is 0 Å². The smallest absolute Gasteiger partial charge is 0.271 e. The summed E-state index contributed by atoms with van der Waals surface area (Å²) in [7, 11) is 0. The van der Waals surface area contributed by atoms with Gasteiger partial charge in [-0.15, -0.1) is 0 Å². The molecule has 7 nitrogen and oxygen atoms in total. The van der Waals surface area contributed by atoms with Crippen LogP contribution in [-0.4, -0.2) is 47.3 Å². The second kappa shape index (κ2) is 8.49. The molecule has 2 aromatic carbocycles. The van der Waals surface area contributed by atoms with Gasteiger partial charge in [-0.05, 0) is 50.1 Å². The molecule has 1 unspecified atom stereocenters. The standard InChI is InChI=1S/C23H24N4O3/c1-16(28)21-15-20(25-27(21)19-10-3-2-4-11-19)22(29)24-18-9-7-8-17(14-18)23(30)26-12-5-6-13-26/h2-4,7-11,14,21H,5-6,12-13,15H2,1H3,(H,24,29). The van der Waals surface area contributed by atoms with Gasteiger partial charge in [0.25, 0.3) is 11.8 Å². The Kier molecular flexibility index (Phi) is 5.61. The molecular formula is C23H24N4O3. The van der Waals surface area contributed by atoms with Crippen LogP contribution in [0.2, 0.25) is 0 Å². The van der Waals surface area contributed by atoms with Crippen LogP contribution in [0.1, 0.15) is 36.5 Å². The fourth-order valence-electron chi connectivity index (χ4n) is 3.82. The Balaban J connectivity index is 1.50. The molecule has 30 heavy (non-hydrogen) atoms. The first-order valence-corrected chi connectivity index (χ1v) is 10.2. The zero-order valence-corrected chi connectivity index (χ0v) is 16.9. The average molecular weight is 404 g/mol. The van der Waals surface area contributed by atoms with Crippen molar-refractivity contribution in [2.75, 3.05) is 23.4 Å². The molecule has 2 heterocycles. The molecule has 0 spiro atoms. The van der Waals surface area contributed by atoms with E-state index in [2.05, 4.69) is 10.4 Å². The number of ketones is 1. The summed E-state index contributed by atoms with van der Waals surface area (Å²) in [4.78, 5) is 39.4. The minimum Gasteiger partial charge on any atom is -0.339 e. The second-order valence-electron chi connectivity index (χ2n) is 7.59. The molecule has 2 aromatic rings. The Bertz CT molecular complexity index is 997. The van der Waals surface area contributed by atoms with E-state index in [1.165, 1.54) is 6.92 Å². The quantitative estimate of drug-likeness (QED) is 0.830. The van der Waals surface area contributed by atoms with Crippen LogP contribution in [-0.2, 0) is 9.59 Å². The molecule has 2 amide bonds. The molecule has 7 heteroatoms.